The van der Waals surface area contributed by atoms with Gasteiger partial charge in [0.05, 0.1) is 11.3 Å². The van der Waals surface area contributed by atoms with Crippen LogP contribution in [-0.2, 0) is 5.75 Å². The van der Waals surface area contributed by atoms with Crippen molar-refractivity contribution in [2.24, 2.45) is 0 Å². The molecule has 1 aliphatic heterocycles. The molecular formula is C20H27FN4OS. The molecule has 7 heteroatoms. The van der Waals surface area contributed by atoms with Crippen LogP contribution in [0.5, 0.6) is 0 Å². The molecule has 5 nitrogen and oxygen atoms in total. The Kier molecular flexibility index (Phi) is 5.68. The Balaban J connectivity index is 1.54. The Bertz CT molecular complexity index is 865. The summed E-state index contributed by atoms with van der Waals surface area (Å²) in [6, 6.07) is 4.15. The highest BCUT2D eigenvalue weighted by Crippen LogP contribution is 2.27. The fourth-order valence-corrected chi connectivity index (χ4v) is 5.40. The molecule has 2 heterocycles. The molecule has 146 valence electrons. The van der Waals surface area contributed by atoms with E-state index in [0.717, 1.165) is 37.9 Å². The van der Waals surface area contributed by atoms with E-state index >= 15 is 0 Å². The number of benzene rings is 1. The predicted molar refractivity (Wildman–Crippen MR) is 110 cm³/mol. The molecule has 0 radical (unpaired) electrons. The van der Waals surface area contributed by atoms with E-state index in [1.807, 2.05) is 17.8 Å². The van der Waals surface area contributed by atoms with Crippen LogP contribution >= 0.6 is 11.8 Å². The van der Waals surface area contributed by atoms with Crippen molar-refractivity contribution in [2.75, 3.05) is 11.9 Å². The number of anilines is 1. The molecule has 0 unspecified atom stereocenters. The Morgan fingerprint density at radius 1 is 1.30 bits per heavy atom. The topological polar surface area (TPSA) is 69.8 Å². The maximum absolute atomic E-state index is 14.5. The maximum Gasteiger partial charge on any atom is 0.261 e. The number of piperidine rings is 1. The van der Waals surface area contributed by atoms with Crippen molar-refractivity contribution in [1.29, 1.82) is 0 Å². The van der Waals surface area contributed by atoms with Crippen molar-refractivity contribution in [3.63, 3.8) is 0 Å². The lowest BCUT2D eigenvalue weighted by Gasteiger charge is -2.27. The van der Waals surface area contributed by atoms with Crippen LogP contribution in [-0.4, -0.2) is 33.8 Å². The van der Waals surface area contributed by atoms with Crippen LogP contribution in [0.1, 0.15) is 51.3 Å². The zero-order chi connectivity index (χ0) is 18.8. The number of thioether (sulfide) groups is 1. The van der Waals surface area contributed by atoms with Gasteiger partial charge in [-0.3, -0.25) is 4.79 Å². The summed E-state index contributed by atoms with van der Waals surface area (Å²) >= 11 is 1.82. The molecule has 1 aliphatic carbocycles. The van der Waals surface area contributed by atoms with Gasteiger partial charge in [-0.2, -0.15) is 11.8 Å². The van der Waals surface area contributed by atoms with Crippen molar-refractivity contribution in [3.8, 4) is 0 Å². The van der Waals surface area contributed by atoms with E-state index in [2.05, 4.69) is 27.5 Å². The molecule has 1 aromatic carbocycles. The molecule has 0 spiro atoms. The van der Waals surface area contributed by atoms with E-state index in [0.29, 0.717) is 34.4 Å². The lowest BCUT2D eigenvalue weighted by Crippen LogP contribution is -2.37. The van der Waals surface area contributed by atoms with E-state index in [-0.39, 0.29) is 10.9 Å². The van der Waals surface area contributed by atoms with Gasteiger partial charge >= 0.3 is 0 Å². The molecule has 27 heavy (non-hydrogen) atoms. The Morgan fingerprint density at radius 3 is 2.89 bits per heavy atom. The summed E-state index contributed by atoms with van der Waals surface area (Å²) in [4.78, 5) is 19.7. The van der Waals surface area contributed by atoms with E-state index in [1.165, 1.54) is 18.9 Å². The summed E-state index contributed by atoms with van der Waals surface area (Å²) in [5.41, 5.74) is 0.767. The molecular weight excluding hydrogens is 363 g/mol. The summed E-state index contributed by atoms with van der Waals surface area (Å²) in [5, 5.41) is 7.46. The number of hydrogen-bond acceptors (Lipinski definition) is 5. The first-order valence-corrected chi connectivity index (χ1v) is 11.0. The van der Waals surface area contributed by atoms with E-state index in [1.54, 1.807) is 0 Å². The summed E-state index contributed by atoms with van der Waals surface area (Å²) in [6.45, 7) is 3.23. The smallest absolute Gasteiger partial charge is 0.261 e. The Labute approximate surface area is 162 Å². The number of nitrogens with zero attached hydrogens (tertiary/aromatic N) is 1. The standard InChI is InChI=1S/C20H27FN4OS/c1-12-8-15(6-7-22-12)27-11-18-24-17-10-14(23-13-4-2-3-5-13)9-16(21)19(17)20(26)25-18/h9-10,12-13,15,22-23H,2-8,11H2,1H3,(H,24,25,26)/t12-,15+/m1/s1. The van der Waals surface area contributed by atoms with Crippen LogP contribution in [0.3, 0.4) is 0 Å². The second-order valence-electron chi connectivity index (χ2n) is 7.80. The zero-order valence-electron chi connectivity index (χ0n) is 15.7. The first-order chi connectivity index (χ1) is 13.1. The largest absolute Gasteiger partial charge is 0.382 e. The molecule has 1 aromatic heterocycles. The van der Waals surface area contributed by atoms with Gasteiger partial charge in [0.25, 0.3) is 5.56 Å². The number of hydrogen-bond donors (Lipinski definition) is 3. The van der Waals surface area contributed by atoms with Gasteiger partial charge in [0, 0.05) is 23.0 Å². The first-order valence-electron chi connectivity index (χ1n) is 9.92. The normalized spacial score (nSPS) is 23.8. The predicted octanol–water partition coefficient (Wildman–Crippen LogP) is 3.79. The number of H-pyrrole nitrogens is 1. The lowest BCUT2D eigenvalue weighted by molar-refractivity contribution is 0.434. The summed E-state index contributed by atoms with van der Waals surface area (Å²) in [6.07, 6.45) is 6.88. The Morgan fingerprint density at radius 2 is 2.11 bits per heavy atom. The third-order valence-electron chi connectivity index (χ3n) is 5.57. The number of aromatic amines is 1. The van der Waals surface area contributed by atoms with Crippen molar-refractivity contribution >= 4 is 28.4 Å². The minimum absolute atomic E-state index is 0.0520. The molecule has 4 rings (SSSR count). The molecule has 0 bridgehead atoms. The number of halogens is 1. The zero-order valence-corrected chi connectivity index (χ0v) is 16.5. The molecule has 0 amide bonds. The van der Waals surface area contributed by atoms with Crippen LogP contribution in [0.4, 0.5) is 10.1 Å². The number of aromatic nitrogens is 2. The molecule has 3 N–H and O–H groups in total. The van der Waals surface area contributed by atoms with Crippen LogP contribution in [0, 0.1) is 5.82 Å². The molecule has 2 aromatic rings. The minimum Gasteiger partial charge on any atom is -0.382 e. The van der Waals surface area contributed by atoms with Gasteiger partial charge in [0.1, 0.15) is 17.0 Å². The molecule has 2 aliphatic rings. The molecule has 2 atom stereocenters. The van der Waals surface area contributed by atoms with Gasteiger partial charge in [-0.05, 0) is 51.3 Å². The monoisotopic (exact) mass is 390 g/mol. The van der Waals surface area contributed by atoms with Crippen LogP contribution in [0.25, 0.3) is 10.9 Å². The van der Waals surface area contributed by atoms with Crippen molar-refractivity contribution in [2.45, 2.75) is 68.5 Å². The van der Waals surface area contributed by atoms with Gasteiger partial charge in [-0.15, -0.1) is 0 Å². The van der Waals surface area contributed by atoms with Gasteiger partial charge in [0.2, 0.25) is 0 Å². The number of nitrogens with one attached hydrogen (secondary N) is 3. The average molecular weight is 391 g/mol. The fraction of sp³-hybridized carbons (Fsp3) is 0.600. The second-order valence-corrected chi connectivity index (χ2v) is 9.09. The SMILES string of the molecule is C[C@@H]1C[C@@H](SCc2nc3cc(NC4CCCC4)cc(F)c3c(=O)[nH]2)CCN1. The molecule has 1 saturated carbocycles. The molecule has 2 fully saturated rings. The number of rotatable bonds is 5. The summed E-state index contributed by atoms with van der Waals surface area (Å²) in [5.74, 6) is 0.763. The van der Waals surface area contributed by atoms with Crippen molar-refractivity contribution in [1.82, 2.24) is 15.3 Å². The van der Waals surface area contributed by atoms with Crippen LogP contribution < -0.4 is 16.2 Å². The minimum atomic E-state index is -0.506. The van der Waals surface area contributed by atoms with Crippen LogP contribution in [0.15, 0.2) is 16.9 Å². The quantitative estimate of drug-likeness (QED) is 0.725. The van der Waals surface area contributed by atoms with Crippen molar-refractivity contribution in [3.05, 3.63) is 34.1 Å². The van der Waals surface area contributed by atoms with Gasteiger partial charge in [-0.1, -0.05) is 12.8 Å². The number of fused-ring (bicyclic) bond motifs is 1. The summed E-state index contributed by atoms with van der Waals surface area (Å²) in [7, 11) is 0. The molecule has 1 saturated heterocycles. The lowest BCUT2D eigenvalue weighted by atomic mass is 10.1. The van der Waals surface area contributed by atoms with Gasteiger partial charge < -0.3 is 15.6 Å². The maximum atomic E-state index is 14.5. The third-order valence-corrected chi connectivity index (χ3v) is 6.91. The highest BCUT2D eigenvalue weighted by atomic mass is 32.2. The van der Waals surface area contributed by atoms with Crippen molar-refractivity contribution < 1.29 is 4.39 Å². The van der Waals surface area contributed by atoms with E-state index < -0.39 is 5.82 Å². The van der Waals surface area contributed by atoms with E-state index in [4.69, 9.17) is 0 Å². The first kappa shape index (κ1) is 18.7. The van der Waals surface area contributed by atoms with Gasteiger partial charge in [0.15, 0.2) is 0 Å². The van der Waals surface area contributed by atoms with Gasteiger partial charge in [-0.25, -0.2) is 9.37 Å². The van der Waals surface area contributed by atoms with Crippen LogP contribution in [0.2, 0.25) is 0 Å². The Hall–Kier alpha value is -1.60. The fourth-order valence-electron chi connectivity index (χ4n) is 4.16. The second kappa shape index (κ2) is 8.19. The third kappa shape index (κ3) is 4.46. The highest BCUT2D eigenvalue weighted by molar-refractivity contribution is 7.99. The average Bonchev–Trinajstić information content (AvgIpc) is 3.12. The highest BCUT2D eigenvalue weighted by Gasteiger charge is 2.20. The van der Waals surface area contributed by atoms with E-state index in [9.17, 15) is 9.18 Å². The summed E-state index contributed by atoms with van der Waals surface area (Å²) < 4.78 is 14.5.